The van der Waals surface area contributed by atoms with Crippen LogP contribution in [0.1, 0.15) is 70.1 Å². The molecule has 0 N–H and O–H groups in total. The van der Waals surface area contributed by atoms with Crippen LogP contribution < -0.4 is 0 Å². The molecular weight excluding hydrogens is 402 g/mol. The Kier molecular flexibility index (Phi) is 7.85. The van der Waals surface area contributed by atoms with Gasteiger partial charge in [-0.3, -0.25) is 4.57 Å². The standard InChI is InChI=1S/C28H27N3.C2H6/c1-19(2)25-16-24(22-12-10-21(18-29)11-13-22)17-26(20(3)4)27(25)31-15-14-30-28(31)23-8-6-5-7-9-23;1-2/h5-17,19-20H,1-4H3;1-2H3. The van der Waals surface area contributed by atoms with E-state index in [4.69, 9.17) is 10.2 Å². The van der Waals surface area contributed by atoms with E-state index in [1.807, 2.05) is 50.4 Å². The number of imidazole rings is 1. The van der Waals surface area contributed by atoms with E-state index in [9.17, 15) is 0 Å². The molecule has 168 valence electrons. The molecule has 0 fully saturated rings. The number of hydrogen-bond acceptors (Lipinski definition) is 2. The van der Waals surface area contributed by atoms with Gasteiger partial charge in [0.05, 0.1) is 17.3 Å². The quantitative estimate of drug-likeness (QED) is 0.316. The molecule has 0 bridgehead atoms. The van der Waals surface area contributed by atoms with Crippen LogP contribution in [0, 0.1) is 11.3 Å². The molecule has 0 amide bonds. The van der Waals surface area contributed by atoms with Crippen LogP contribution in [0.3, 0.4) is 0 Å². The summed E-state index contributed by atoms with van der Waals surface area (Å²) in [4.78, 5) is 4.70. The molecule has 0 saturated carbocycles. The molecule has 1 aromatic heterocycles. The molecule has 0 saturated heterocycles. The number of nitriles is 1. The lowest BCUT2D eigenvalue weighted by Gasteiger charge is -2.23. The lowest BCUT2D eigenvalue weighted by molar-refractivity contribution is 0.807. The Balaban J connectivity index is 0.00000149. The number of rotatable bonds is 5. The minimum absolute atomic E-state index is 0.344. The van der Waals surface area contributed by atoms with E-state index in [0.29, 0.717) is 17.4 Å². The Morgan fingerprint density at radius 3 is 1.85 bits per heavy atom. The second kappa shape index (κ2) is 10.8. The van der Waals surface area contributed by atoms with Crippen LogP contribution in [-0.4, -0.2) is 9.55 Å². The average molecular weight is 436 g/mol. The molecular formula is C30H33N3. The maximum absolute atomic E-state index is 9.14. The van der Waals surface area contributed by atoms with E-state index in [0.717, 1.165) is 17.0 Å². The van der Waals surface area contributed by atoms with Crippen LogP contribution >= 0.6 is 0 Å². The van der Waals surface area contributed by atoms with E-state index < -0.39 is 0 Å². The first-order valence-corrected chi connectivity index (χ1v) is 11.8. The number of nitrogens with zero attached hydrogens (tertiary/aromatic N) is 3. The maximum Gasteiger partial charge on any atom is 0.144 e. The predicted octanol–water partition coefficient (Wildman–Crippen LogP) is 8.35. The van der Waals surface area contributed by atoms with E-state index in [1.54, 1.807) is 0 Å². The summed E-state index contributed by atoms with van der Waals surface area (Å²) in [7, 11) is 0. The SMILES string of the molecule is CC.CC(C)c1cc(-c2ccc(C#N)cc2)cc(C(C)C)c1-n1ccnc1-c1ccccc1. The summed E-state index contributed by atoms with van der Waals surface area (Å²) in [6.07, 6.45) is 3.95. The van der Waals surface area contributed by atoms with Gasteiger partial charge in [-0.05, 0) is 58.4 Å². The molecule has 3 heteroatoms. The van der Waals surface area contributed by atoms with Crippen molar-refractivity contribution in [2.75, 3.05) is 0 Å². The molecule has 0 atom stereocenters. The third kappa shape index (κ3) is 5.07. The molecule has 3 aromatic carbocycles. The van der Waals surface area contributed by atoms with Crippen LogP contribution in [0.4, 0.5) is 0 Å². The summed E-state index contributed by atoms with van der Waals surface area (Å²) in [5.74, 6) is 1.64. The first-order valence-electron chi connectivity index (χ1n) is 11.8. The van der Waals surface area contributed by atoms with Gasteiger partial charge in [0.2, 0.25) is 0 Å². The van der Waals surface area contributed by atoms with Gasteiger partial charge in [-0.1, -0.05) is 84.0 Å². The summed E-state index contributed by atoms with van der Waals surface area (Å²) in [5, 5.41) is 9.14. The lowest BCUT2D eigenvalue weighted by Crippen LogP contribution is -2.08. The average Bonchev–Trinajstić information content (AvgIpc) is 3.34. The zero-order valence-corrected chi connectivity index (χ0v) is 20.5. The number of aromatic nitrogens is 2. The van der Waals surface area contributed by atoms with Gasteiger partial charge in [0.15, 0.2) is 0 Å². The second-order valence-corrected chi connectivity index (χ2v) is 8.49. The van der Waals surface area contributed by atoms with E-state index in [2.05, 4.69) is 80.9 Å². The zero-order valence-electron chi connectivity index (χ0n) is 20.5. The van der Waals surface area contributed by atoms with Gasteiger partial charge in [-0.15, -0.1) is 0 Å². The van der Waals surface area contributed by atoms with Crippen LogP contribution in [-0.2, 0) is 0 Å². The van der Waals surface area contributed by atoms with E-state index in [-0.39, 0.29) is 0 Å². The van der Waals surface area contributed by atoms with Crippen molar-refractivity contribution in [3.63, 3.8) is 0 Å². The highest BCUT2D eigenvalue weighted by molar-refractivity contribution is 5.71. The monoisotopic (exact) mass is 435 g/mol. The molecule has 0 unspecified atom stereocenters. The Labute approximate surface area is 198 Å². The van der Waals surface area contributed by atoms with Gasteiger partial charge in [0, 0.05) is 18.0 Å². The zero-order chi connectivity index (χ0) is 24.0. The van der Waals surface area contributed by atoms with Gasteiger partial charge in [0.1, 0.15) is 5.82 Å². The minimum Gasteiger partial charge on any atom is -0.299 e. The van der Waals surface area contributed by atoms with Gasteiger partial charge in [-0.25, -0.2) is 4.98 Å². The Bertz CT molecular complexity index is 1190. The highest BCUT2D eigenvalue weighted by Crippen LogP contribution is 2.37. The molecule has 0 spiro atoms. The van der Waals surface area contributed by atoms with Crippen LogP contribution in [0.15, 0.2) is 79.1 Å². The predicted molar refractivity (Wildman–Crippen MR) is 139 cm³/mol. The van der Waals surface area contributed by atoms with Crippen molar-refractivity contribution in [1.29, 1.82) is 5.26 Å². The second-order valence-electron chi connectivity index (χ2n) is 8.49. The molecule has 0 aliphatic heterocycles. The molecule has 3 nitrogen and oxygen atoms in total. The maximum atomic E-state index is 9.14. The highest BCUT2D eigenvalue weighted by Gasteiger charge is 2.20. The number of benzene rings is 3. The molecule has 33 heavy (non-hydrogen) atoms. The lowest BCUT2D eigenvalue weighted by atomic mass is 9.88. The van der Waals surface area contributed by atoms with Gasteiger partial charge >= 0.3 is 0 Å². The summed E-state index contributed by atoms with van der Waals surface area (Å²) in [5.41, 5.74) is 7.90. The fourth-order valence-corrected chi connectivity index (χ4v) is 4.03. The van der Waals surface area contributed by atoms with Crippen LogP contribution in [0.5, 0.6) is 0 Å². The van der Waals surface area contributed by atoms with Crippen LogP contribution in [0.25, 0.3) is 28.2 Å². The van der Waals surface area contributed by atoms with Gasteiger partial charge < -0.3 is 0 Å². The fourth-order valence-electron chi connectivity index (χ4n) is 4.03. The third-order valence-electron chi connectivity index (χ3n) is 5.67. The van der Waals surface area contributed by atoms with Crippen molar-refractivity contribution in [2.24, 2.45) is 0 Å². The Morgan fingerprint density at radius 2 is 1.33 bits per heavy atom. The Hall–Kier alpha value is -3.64. The summed E-state index contributed by atoms with van der Waals surface area (Å²) < 4.78 is 2.24. The topological polar surface area (TPSA) is 41.6 Å². The molecule has 0 aliphatic rings. The van der Waals surface area contributed by atoms with Crippen molar-refractivity contribution in [3.05, 3.63) is 95.8 Å². The normalized spacial score (nSPS) is 10.6. The largest absolute Gasteiger partial charge is 0.299 e. The van der Waals surface area contributed by atoms with Crippen molar-refractivity contribution in [1.82, 2.24) is 9.55 Å². The van der Waals surface area contributed by atoms with Gasteiger partial charge in [0.25, 0.3) is 0 Å². The third-order valence-corrected chi connectivity index (χ3v) is 5.67. The van der Waals surface area contributed by atoms with Crippen molar-refractivity contribution >= 4 is 0 Å². The van der Waals surface area contributed by atoms with Crippen molar-refractivity contribution in [3.8, 4) is 34.3 Å². The van der Waals surface area contributed by atoms with Crippen molar-refractivity contribution in [2.45, 2.75) is 53.4 Å². The summed E-state index contributed by atoms with van der Waals surface area (Å²) in [6, 6.07) is 25.0. The minimum atomic E-state index is 0.344. The molecule has 4 aromatic rings. The fraction of sp³-hybridized carbons (Fsp3) is 0.267. The first-order chi connectivity index (χ1) is 16.0. The number of hydrogen-bond donors (Lipinski definition) is 0. The highest BCUT2D eigenvalue weighted by atomic mass is 15.1. The Morgan fingerprint density at radius 1 is 0.758 bits per heavy atom. The van der Waals surface area contributed by atoms with E-state index in [1.165, 1.54) is 22.4 Å². The summed E-state index contributed by atoms with van der Waals surface area (Å²) in [6.45, 7) is 13.0. The van der Waals surface area contributed by atoms with Gasteiger partial charge in [-0.2, -0.15) is 5.26 Å². The van der Waals surface area contributed by atoms with E-state index >= 15 is 0 Å². The molecule has 0 aliphatic carbocycles. The smallest absolute Gasteiger partial charge is 0.144 e. The first kappa shape index (κ1) is 24.0. The molecule has 4 rings (SSSR count). The summed E-state index contributed by atoms with van der Waals surface area (Å²) >= 11 is 0. The molecule has 0 radical (unpaired) electrons. The van der Waals surface area contributed by atoms with Crippen LogP contribution in [0.2, 0.25) is 0 Å². The van der Waals surface area contributed by atoms with Crippen molar-refractivity contribution < 1.29 is 0 Å². The molecule has 1 heterocycles.